The summed E-state index contributed by atoms with van der Waals surface area (Å²) in [6.45, 7) is 2.10. The second kappa shape index (κ2) is 5.31. The Morgan fingerprint density at radius 2 is 2.20 bits per heavy atom. The standard InChI is InChI=1S/C14H11BrClN3S/c1-8(9-3-2-4-10(15)5-9)19-13-12(18-14(19)20)6-11(16)7-17-13/h2-8H,1H3,(H,18,20). The van der Waals surface area contributed by atoms with Gasteiger partial charge in [-0.1, -0.05) is 39.7 Å². The highest BCUT2D eigenvalue weighted by Crippen LogP contribution is 2.26. The molecule has 3 rings (SSSR count). The largest absolute Gasteiger partial charge is 0.329 e. The van der Waals surface area contributed by atoms with Crippen LogP contribution < -0.4 is 0 Å². The zero-order valence-electron chi connectivity index (χ0n) is 10.6. The fourth-order valence-corrected chi connectivity index (χ4v) is 3.19. The molecule has 1 aromatic carbocycles. The zero-order valence-corrected chi connectivity index (χ0v) is 13.8. The van der Waals surface area contributed by atoms with Gasteiger partial charge in [0.25, 0.3) is 0 Å². The van der Waals surface area contributed by atoms with Crippen LogP contribution in [0.4, 0.5) is 0 Å². The lowest BCUT2D eigenvalue weighted by Gasteiger charge is -2.14. The number of fused-ring (bicyclic) bond motifs is 1. The molecule has 102 valence electrons. The van der Waals surface area contributed by atoms with E-state index in [1.165, 1.54) is 0 Å². The lowest BCUT2D eigenvalue weighted by molar-refractivity contribution is 0.644. The zero-order chi connectivity index (χ0) is 14.3. The van der Waals surface area contributed by atoms with Crippen LogP contribution >= 0.6 is 39.7 Å². The summed E-state index contributed by atoms with van der Waals surface area (Å²) >= 11 is 14.9. The molecule has 0 aliphatic carbocycles. The molecule has 0 spiro atoms. The molecule has 3 aromatic rings. The van der Waals surface area contributed by atoms with Crippen LogP contribution in [-0.4, -0.2) is 14.5 Å². The number of hydrogen-bond acceptors (Lipinski definition) is 2. The Labute approximate surface area is 134 Å². The van der Waals surface area contributed by atoms with E-state index < -0.39 is 0 Å². The maximum Gasteiger partial charge on any atom is 0.179 e. The number of imidazole rings is 1. The summed E-state index contributed by atoms with van der Waals surface area (Å²) in [7, 11) is 0. The van der Waals surface area contributed by atoms with Crippen molar-refractivity contribution in [2.24, 2.45) is 0 Å². The Morgan fingerprint density at radius 3 is 2.95 bits per heavy atom. The van der Waals surface area contributed by atoms with Gasteiger partial charge in [-0.25, -0.2) is 4.98 Å². The van der Waals surface area contributed by atoms with Gasteiger partial charge < -0.3 is 4.98 Å². The number of hydrogen-bond donors (Lipinski definition) is 1. The first-order valence-electron chi connectivity index (χ1n) is 6.07. The highest BCUT2D eigenvalue weighted by molar-refractivity contribution is 9.10. The quantitative estimate of drug-likeness (QED) is 0.637. The van der Waals surface area contributed by atoms with E-state index in [0.717, 1.165) is 21.2 Å². The average molecular weight is 369 g/mol. The van der Waals surface area contributed by atoms with E-state index in [4.69, 9.17) is 23.8 Å². The number of aromatic nitrogens is 3. The monoisotopic (exact) mass is 367 g/mol. The van der Waals surface area contributed by atoms with E-state index in [9.17, 15) is 0 Å². The van der Waals surface area contributed by atoms with Gasteiger partial charge in [-0.2, -0.15) is 0 Å². The molecule has 20 heavy (non-hydrogen) atoms. The molecule has 0 amide bonds. The molecule has 1 N–H and O–H groups in total. The summed E-state index contributed by atoms with van der Waals surface area (Å²) in [4.78, 5) is 7.54. The van der Waals surface area contributed by atoms with Gasteiger partial charge in [-0.15, -0.1) is 0 Å². The van der Waals surface area contributed by atoms with Crippen LogP contribution in [-0.2, 0) is 0 Å². The summed E-state index contributed by atoms with van der Waals surface area (Å²) in [5.41, 5.74) is 2.82. The summed E-state index contributed by atoms with van der Waals surface area (Å²) in [5.74, 6) is 0. The number of H-pyrrole nitrogens is 1. The van der Waals surface area contributed by atoms with Gasteiger partial charge in [0.2, 0.25) is 0 Å². The molecule has 1 unspecified atom stereocenters. The number of benzene rings is 1. The van der Waals surface area contributed by atoms with Gasteiger partial charge in [0.15, 0.2) is 10.4 Å². The molecule has 1 atom stereocenters. The maximum absolute atomic E-state index is 5.97. The van der Waals surface area contributed by atoms with Crippen LogP contribution in [0.1, 0.15) is 18.5 Å². The van der Waals surface area contributed by atoms with E-state index in [1.807, 2.05) is 22.8 Å². The fourth-order valence-electron chi connectivity index (χ4n) is 2.26. The highest BCUT2D eigenvalue weighted by Gasteiger charge is 2.14. The van der Waals surface area contributed by atoms with Crippen molar-refractivity contribution in [2.75, 3.05) is 0 Å². The van der Waals surface area contributed by atoms with E-state index >= 15 is 0 Å². The number of rotatable bonds is 2. The van der Waals surface area contributed by atoms with Crippen LogP contribution in [0.15, 0.2) is 41.0 Å². The van der Waals surface area contributed by atoms with Crippen molar-refractivity contribution >= 4 is 50.9 Å². The molecule has 2 aromatic heterocycles. The minimum absolute atomic E-state index is 0.0856. The molecular weight excluding hydrogens is 358 g/mol. The fraction of sp³-hybridized carbons (Fsp3) is 0.143. The third-order valence-corrected chi connectivity index (χ3v) is 4.24. The molecule has 2 heterocycles. The van der Waals surface area contributed by atoms with Crippen molar-refractivity contribution in [3.63, 3.8) is 0 Å². The summed E-state index contributed by atoms with van der Waals surface area (Å²) in [6.07, 6.45) is 1.64. The first-order valence-corrected chi connectivity index (χ1v) is 7.65. The van der Waals surface area contributed by atoms with E-state index in [1.54, 1.807) is 6.20 Å². The third kappa shape index (κ3) is 2.41. The van der Waals surface area contributed by atoms with Crippen molar-refractivity contribution < 1.29 is 0 Å². The minimum Gasteiger partial charge on any atom is -0.329 e. The van der Waals surface area contributed by atoms with Crippen LogP contribution in [0.2, 0.25) is 5.02 Å². The topological polar surface area (TPSA) is 33.6 Å². The van der Waals surface area contributed by atoms with Crippen molar-refractivity contribution in [2.45, 2.75) is 13.0 Å². The molecule has 0 saturated carbocycles. The third-order valence-electron chi connectivity index (χ3n) is 3.24. The van der Waals surface area contributed by atoms with E-state index in [-0.39, 0.29) is 6.04 Å². The Kier molecular flexibility index (Phi) is 3.67. The number of nitrogens with one attached hydrogen (secondary N) is 1. The highest BCUT2D eigenvalue weighted by atomic mass is 79.9. The van der Waals surface area contributed by atoms with Crippen LogP contribution in [0, 0.1) is 4.77 Å². The number of nitrogens with zero attached hydrogens (tertiary/aromatic N) is 2. The van der Waals surface area contributed by atoms with Crippen molar-refractivity contribution in [3.05, 3.63) is 56.4 Å². The molecule has 3 nitrogen and oxygen atoms in total. The number of halogens is 2. The van der Waals surface area contributed by atoms with Crippen LogP contribution in [0.5, 0.6) is 0 Å². The Morgan fingerprint density at radius 1 is 1.40 bits per heavy atom. The maximum atomic E-state index is 5.97. The summed E-state index contributed by atoms with van der Waals surface area (Å²) in [6, 6.07) is 10.1. The molecule has 0 aliphatic heterocycles. The minimum atomic E-state index is 0.0856. The smallest absolute Gasteiger partial charge is 0.179 e. The second-order valence-corrected chi connectivity index (χ2v) is 6.29. The van der Waals surface area contributed by atoms with Crippen molar-refractivity contribution in [1.82, 2.24) is 14.5 Å². The van der Waals surface area contributed by atoms with Gasteiger partial charge in [-0.05, 0) is 42.9 Å². The van der Waals surface area contributed by atoms with Gasteiger partial charge in [0, 0.05) is 10.7 Å². The molecule has 0 aliphatic rings. The first kappa shape index (κ1) is 13.8. The predicted molar refractivity (Wildman–Crippen MR) is 87.9 cm³/mol. The first-order chi connectivity index (χ1) is 9.56. The molecule has 0 fully saturated rings. The predicted octanol–water partition coefficient (Wildman–Crippen LogP) is 5.12. The van der Waals surface area contributed by atoms with Gasteiger partial charge in [-0.3, -0.25) is 4.57 Å². The Hall–Kier alpha value is -1.17. The number of pyridine rings is 1. The lowest BCUT2D eigenvalue weighted by atomic mass is 10.1. The molecule has 0 saturated heterocycles. The normalized spacial score (nSPS) is 12.8. The van der Waals surface area contributed by atoms with Crippen LogP contribution in [0.25, 0.3) is 11.2 Å². The SMILES string of the molecule is CC(c1cccc(Br)c1)n1c(=S)[nH]c2cc(Cl)cnc21. The second-order valence-electron chi connectivity index (χ2n) is 4.56. The van der Waals surface area contributed by atoms with Gasteiger partial charge in [0.1, 0.15) is 0 Å². The van der Waals surface area contributed by atoms with Gasteiger partial charge >= 0.3 is 0 Å². The molecule has 0 bridgehead atoms. The van der Waals surface area contributed by atoms with Crippen molar-refractivity contribution in [3.8, 4) is 0 Å². The molecule has 0 radical (unpaired) electrons. The average Bonchev–Trinajstić information content (AvgIpc) is 2.73. The summed E-state index contributed by atoms with van der Waals surface area (Å²) < 4.78 is 3.69. The van der Waals surface area contributed by atoms with Gasteiger partial charge in [0.05, 0.1) is 16.6 Å². The van der Waals surface area contributed by atoms with E-state index in [2.05, 4.69) is 45.0 Å². The summed E-state index contributed by atoms with van der Waals surface area (Å²) in [5, 5.41) is 0.594. The molecule has 6 heteroatoms. The van der Waals surface area contributed by atoms with E-state index in [0.29, 0.717) is 9.79 Å². The number of aromatic amines is 1. The Balaban J connectivity index is 2.19. The molecular formula is C14H11BrClN3S. The Bertz CT molecular complexity index is 840. The van der Waals surface area contributed by atoms with Crippen molar-refractivity contribution in [1.29, 1.82) is 0 Å². The van der Waals surface area contributed by atoms with Crippen LogP contribution in [0.3, 0.4) is 0 Å². The lowest BCUT2D eigenvalue weighted by Crippen LogP contribution is -2.07.